The summed E-state index contributed by atoms with van der Waals surface area (Å²) in [7, 11) is 0. The van der Waals surface area contributed by atoms with Crippen LogP contribution in [-0.4, -0.2) is 9.97 Å². The Morgan fingerprint density at radius 2 is 2.10 bits per heavy atom. The van der Waals surface area contributed by atoms with Crippen LogP contribution in [0.25, 0.3) is 23.3 Å². The van der Waals surface area contributed by atoms with E-state index in [-0.39, 0.29) is 5.56 Å². The number of pyridine rings is 1. The molecule has 0 saturated heterocycles. The smallest absolute Gasteiger partial charge is 0.255 e. The summed E-state index contributed by atoms with van der Waals surface area (Å²) in [6, 6.07) is 9.49. The molecule has 0 saturated carbocycles. The van der Waals surface area contributed by atoms with Crippen LogP contribution in [-0.2, 0) is 6.42 Å². The lowest BCUT2D eigenvalue weighted by Crippen LogP contribution is -2.12. The number of hydrogen-bond acceptors (Lipinski definition) is 3. The highest BCUT2D eigenvalue weighted by molar-refractivity contribution is 5.75. The molecule has 0 spiro atoms. The molecule has 0 bridgehead atoms. The molecular weight excluding hydrogens is 264 g/mol. The third kappa shape index (κ3) is 2.65. The first-order valence-electron chi connectivity index (χ1n) is 6.94. The fraction of sp³-hybridized carbons (Fsp3) is 0.176. The van der Waals surface area contributed by atoms with E-state index < -0.39 is 0 Å². The average Bonchev–Trinajstić information content (AvgIpc) is 2.89. The van der Waals surface area contributed by atoms with Gasteiger partial charge in [-0.1, -0.05) is 19.1 Å². The van der Waals surface area contributed by atoms with Gasteiger partial charge in [0, 0.05) is 17.3 Å². The molecule has 2 aromatic heterocycles. The fourth-order valence-electron chi connectivity index (χ4n) is 2.30. The maximum Gasteiger partial charge on any atom is 0.255 e. The molecular formula is C17H16N2O2. The van der Waals surface area contributed by atoms with Gasteiger partial charge in [0.05, 0.1) is 0 Å². The van der Waals surface area contributed by atoms with Crippen molar-refractivity contribution in [3.05, 3.63) is 63.4 Å². The van der Waals surface area contributed by atoms with Crippen molar-refractivity contribution in [2.45, 2.75) is 20.3 Å². The number of para-hydroxylation sites is 2. The van der Waals surface area contributed by atoms with E-state index in [1.165, 1.54) is 0 Å². The van der Waals surface area contributed by atoms with Crippen LogP contribution in [0.1, 0.15) is 29.6 Å². The van der Waals surface area contributed by atoms with E-state index in [2.05, 4.69) is 16.9 Å². The molecule has 106 valence electrons. The number of aromatic amines is 1. The number of nitrogens with one attached hydrogen (secondary N) is 1. The van der Waals surface area contributed by atoms with Crippen LogP contribution >= 0.6 is 0 Å². The first-order valence-corrected chi connectivity index (χ1v) is 6.94. The molecule has 3 rings (SSSR count). The van der Waals surface area contributed by atoms with Gasteiger partial charge in [0.1, 0.15) is 5.52 Å². The largest absolute Gasteiger partial charge is 0.437 e. The van der Waals surface area contributed by atoms with Crippen LogP contribution in [0.15, 0.2) is 39.5 Å². The van der Waals surface area contributed by atoms with Gasteiger partial charge >= 0.3 is 0 Å². The lowest BCUT2D eigenvalue weighted by molar-refractivity contribution is 0.589. The minimum absolute atomic E-state index is 0.0999. The summed E-state index contributed by atoms with van der Waals surface area (Å²) >= 11 is 0. The third-order valence-corrected chi connectivity index (χ3v) is 3.47. The van der Waals surface area contributed by atoms with E-state index in [4.69, 9.17) is 4.42 Å². The Bertz CT molecular complexity index is 839. The summed E-state index contributed by atoms with van der Waals surface area (Å²) in [6.07, 6.45) is 4.34. The summed E-state index contributed by atoms with van der Waals surface area (Å²) in [5.74, 6) is 0.495. The van der Waals surface area contributed by atoms with Crippen molar-refractivity contribution in [1.29, 1.82) is 0 Å². The Kier molecular flexibility index (Phi) is 3.44. The number of aryl methyl sites for hydroxylation is 2. The number of nitrogens with zero attached hydrogens (tertiary/aromatic N) is 1. The molecule has 0 radical (unpaired) electrons. The van der Waals surface area contributed by atoms with Gasteiger partial charge in [-0.15, -0.1) is 0 Å². The second kappa shape index (κ2) is 5.40. The highest BCUT2D eigenvalue weighted by Gasteiger charge is 2.04. The molecule has 1 N–H and O–H groups in total. The van der Waals surface area contributed by atoms with Crippen molar-refractivity contribution in [3.63, 3.8) is 0 Å². The molecule has 0 aliphatic carbocycles. The van der Waals surface area contributed by atoms with Crippen LogP contribution in [0, 0.1) is 6.92 Å². The zero-order valence-electron chi connectivity index (χ0n) is 12.0. The number of hydrogen-bond donors (Lipinski definition) is 1. The van der Waals surface area contributed by atoms with Gasteiger partial charge < -0.3 is 9.40 Å². The number of rotatable bonds is 3. The van der Waals surface area contributed by atoms with Crippen molar-refractivity contribution in [1.82, 2.24) is 9.97 Å². The molecule has 3 aromatic rings. The summed E-state index contributed by atoms with van der Waals surface area (Å²) in [6.45, 7) is 3.98. The molecule has 0 fully saturated rings. The Balaban J connectivity index is 1.97. The van der Waals surface area contributed by atoms with Crippen molar-refractivity contribution < 1.29 is 4.42 Å². The zero-order valence-corrected chi connectivity index (χ0v) is 12.0. The summed E-state index contributed by atoms with van der Waals surface area (Å²) in [5, 5.41) is 0. The van der Waals surface area contributed by atoms with Crippen LogP contribution in [0.3, 0.4) is 0 Å². The minimum atomic E-state index is -0.0999. The fourth-order valence-corrected chi connectivity index (χ4v) is 2.30. The van der Waals surface area contributed by atoms with E-state index in [9.17, 15) is 4.79 Å². The third-order valence-electron chi connectivity index (χ3n) is 3.47. The SMILES string of the molecule is CCc1cc(/C=C/c2nc3ccccc3o2)c(=O)[nH]c1C. The summed E-state index contributed by atoms with van der Waals surface area (Å²) < 4.78 is 5.60. The highest BCUT2D eigenvalue weighted by Crippen LogP contribution is 2.16. The quantitative estimate of drug-likeness (QED) is 0.798. The maximum absolute atomic E-state index is 11.9. The highest BCUT2D eigenvalue weighted by atomic mass is 16.3. The minimum Gasteiger partial charge on any atom is -0.437 e. The van der Waals surface area contributed by atoms with Gasteiger partial charge in [0.15, 0.2) is 5.58 Å². The molecule has 0 aliphatic heterocycles. The van der Waals surface area contributed by atoms with Gasteiger partial charge in [-0.25, -0.2) is 4.98 Å². The zero-order chi connectivity index (χ0) is 14.8. The van der Waals surface area contributed by atoms with Crippen molar-refractivity contribution in [2.75, 3.05) is 0 Å². The second-order valence-corrected chi connectivity index (χ2v) is 4.91. The van der Waals surface area contributed by atoms with Crippen molar-refractivity contribution in [3.8, 4) is 0 Å². The first-order chi connectivity index (χ1) is 10.2. The summed E-state index contributed by atoms with van der Waals surface area (Å²) in [4.78, 5) is 19.2. The molecule has 4 nitrogen and oxygen atoms in total. The lowest BCUT2D eigenvalue weighted by Gasteiger charge is -2.03. The number of H-pyrrole nitrogens is 1. The molecule has 2 heterocycles. The van der Waals surface area contributed by atoms with E-state index in [1.54, 1.807) is 12.2 Å². The number of benzene rings is 1. The normalized spacial score (nSPS) is 11.5. The van der Waals surface area contributed by atoms with Gasteiger partial charge in [-0.05, 0) is 43.2 Å². The van der Waals surface area contributed by atoms with E-state index in [1.807, 2.05) is 37.3 Å². The van der Waals surface area contributed by atoms with Crippen LogP contribution in [0.4, 0.5) is 0 Å². The molecule has 0 unspecified atom stereocenters. The molecule has 4 heteroatoms. The van der Waals surface area contributed by atoms with Gasteiger partial charge in [0.2, 0.25) is 5.89 Å². The topological polar surface area (TPSA) is 58.9 Å². The van der Waals surface area contributed by atoms with E-state index >= 15 is 0 Å². The molecule has 21 heavy (non-hydrogen) atoms. The number of oxazole rings is 1. The molecule has 0 aliphatic rings. The van der Waals surface area contributed by atoms with Gasteiger partial charge in [-0.2, -0.15) is 0 Å². The maximum atomic E-state index is 11.9. The Labute approximate surface area is 122 Å². The van der Waals surface area contributed by atoms with E-state index in [0.29, 0.717) is 11.5 Å². The molecule has 0 amide bonds. The van der Waals surface area contributed by atoms with Crippen LogP contribution < -0.4 is 5.56 Å². The first kappa shape index (κ1) is 13.4. The summed E-state index contributed by atoms with van der Waals surface area (Å²) in [5.41, 5.74) is 4.11. The predicted octanol–water partition coefficient (Wildman–Crippen LogP) is 3.56. The standard InChI is InChI=1S/C17H16N2O2/c1-3-12-10-13(17(20)18-11(12)2)8-9-16-19-14-6-4-5-7-15(14)21-16/h4-10H,3H2,1-2H3,(H,18,20)/b9-8+. The average molecular weight is 280 g/mol. The van der Waals surface area contributed by atoms with Crippen LogP contribution in [0.2, 0.25) is 0 Å². The Hall–Kier alpha value is -2.62. The van der Waals surface area contributed by atoms with Crippen molar-refractivity contribution >= 4 is 23.3 Å². The Morgan fingerprint density at radius 3 is 2.86 bits per heavy atom. The van der Waals surface area contributed by atoms with E-state index in [0.717, 1.165) is 28.8 Å². The van der Waals surface area contributed by atoms with Crippen molar-refractivity contribution in [2.24, 2.45) is 0 Å². The van der Waals surface area contributed by atoms with Gasteiger partial charge in [0.25, 0.3) is 5.56 Å². The Morgan fingerprint density at radius 1 is 1.29 bits per heavy atom. The number of fused-ring (bicyclic) bond motifs is 1. The van der Waals surface area contributed by atoms with Crippen LogP contribution in [0.5, 0.6) is 0 Å². The monoisotopic (exact) mass is 280 g/mol. The molecule has 0 atom stereocenters. The lowest BCUT2D eigenvalue weighted by atomic mass is 10.1. The predicted molar refractivity (Wildman–Crippen MR) is 84.1 cm³/mol. The molecule has 1 aromatic carbocycles. The van der Waals surface area contributed by atoms with Gasteiger partial charge in [-0.3, -0.25) is 4.79 Å². The number of aromatic nitrogens is 2. The second-order valence-electron chi connectivity index (χ2n) is 4.91.